The van der Waals surface area contributed by atoms with Gasteiger partial charge < -0.3 is 11.5 Å². The zero-order chi connectivity index (χ0) is 11.4. The van der Waals surface area contributed by atoms with Gasteiger partial charge in [0, 0.05) is 12.6 Å². The standard InChI is InChI=1S/C9H18N6/c1-4-14-15(6(2)3)9-7(10)8(11)12-5-13-9/h5-6,14H,4,10H2,1-3H3,(H2,11,12,13). The maximum atomic E-state index is 5.82. The molecule has 0 aromatic carbocycles. The molecule has 1 heterocycles. The van der Waals surface area contributed by atoms with E-state index in [4.69, 9.17) is 11.5 Å². The van der Waals surface area contributed by atoms with Crippen molar-refractivity contribution in [2.75, 3.05) is 23.0 Å². The number of nitrogen functional groups attached to an aromatic ring is 2. The van der Waals surface area contributed by atoms with Crippen LogP contribution in [-0.2, 0) is 0 Å². The first-order valence-corrected chi connectivity index (χ1v) is 4.96. The topological polar surface area (TPSA) is 93.1 Å². The number of aromatic nitrogens is 2. The molecule has 6 nitrogen and oxygen atoms in total. The molecule has 0 fully saturated rings. The SMILES string of the molecule is CCNN(c1ncnc(N)c1N)C(C)C. The van der Waals surface area contributed by atoms with Crippen molar-refractivity contribution in [1.29, 1.82) is 0 Å². The summed E-state index contributed by atoms with van der Waals surface area (Å²) < 4.78 is 0. The molecule has 0 aliphatic rings. The Hall–Kier alpha value is -1.56. The molecule has 1 rings (SSSR count). The Morgan fingerprint density at radius 3 is 2.60 bits per heavy atom. The number of hydrogen-bond donors (Lipinski definition) is 3. The van der Waals surface area contributed by atoms with Crippen LogP contribution in [-0.4, -0.2) is 22.6 Å². The molecule has 1 aromatic rings. The molecule has 1 aromatic heterocycles. The Kier molecular flexibility index (Phi) is 3.68. The maximum Gasteiger partial charge on any atom is 0.171 e. The van der Waals surface area contributed by atoms with Crippen LogP contribution in [0.4, 0.5) is 17.3 Å². The minimum absolute atomic E-state index is 0.238. The molecule has 84 valence electrons. The fourth-order valence-electron chi connectivity index (χ4n) is 1.26. The molecule has 0 aliphatic carbocycles. The minimum Gasteiger partial charge on any atom is -0.393 e. The van der Waals surface area contributed by atoms with E-state index in [9.17, 15) is 0 Å². The van der Waals surface area contributed by atoms with Gasteiger partial charge in [-0.2, -0.15) is 0 Å². The highest BCUT2D eigenvalue weighted by Crippen LogP contribution is 2.23. The molecule has 0 atom stereocenters. The predicted octanol–water partition coefficient (Wildman–Crippen LogP) is 0.380. The van der Waals surface area contributed by atoms with Crippen LogP contribution >= 0.6 is 0 Å². The van der Waals surface area contributed by atoms with Crippen molar-refractivity contribution in [2.45, 2.75) is 26.8 Å². The fourth-order valence-corrected chi connectivity index (χ4v) is 1.26. The molecule has 0 amide bonds. The summed E-state index contributed by atoms with van der Waals surface area (Å²) in [5.74, 6) is 0.933. The third kappa shape index (κ3) is 2.47. The number of nitrogens with two attached hydrogens (primary N) is 2. The molecule has 6 heteroatoms. The average Bonchev–Trinajstić information content (AvgIpc) is 2.19. The molecule has 0 spiro atoms. The zero-order valence-electron chi connectivity index (χ0n) is 9.36. The lowest BCUT2D eigenvalue weighted by molar-refractivity contribution is 0.571. The Balaban J connectivity index is 3.05. The van der Waals surface area contributed by atoms with Crippen LogP contribution in [0.5, 0.6) is 0 Å². The van der Waals surface area contributed by atoms with Crippen LogP contribution in [0.3, 0.4) is 0 Å². The van der Waals surface area contributed by atoms with Gasteiger partial charge in [0.25, 0.3) is 0 Å². The molecular formula is C9H18N6. The third-order valence-corrected chi connectivity index (χ3v) is 1.97. The molecular weight excluding hydrogens is 192 g/mol. The highest BCUT2D eigenvalue weighted by molar-refractivity contribution is 5.72. The van der Waals surface area contributed by atoms with E-state index in [1.54, 1.807) is 0 Å². The smallest absolute Gasteiger partial charge is 0.171 e. The van der Waals surface area contributed by atoms with Gasteiger partial charge in [-0.05, 0) is 13.8 Å². The summed E-state index contributed by atoms with van der Waals surface area (Å²) in [6, 6.07) is 0.238. The summed E-state index contributed by atoms with van der Waals surface area (Å²) in [7, 11) is 0. The largest absolute Gasteiger partial charge is 0.393 e. The Bertz CT molecular complexity index is 324. The van der Waals surface area contributed by atoms with Crippen molar-refractivity contribution >= 4 is 17.3 Å². The van der Waals surface area contributed by atoms with Crippen molar-refractivity contribution in [3.8, 4) is 0 Å². The van der Waals surface area contributed by atoms with Gasteiger partial charge in [0.15, 0.2) is 11.6 Å². The van der Waals surface area contributed by atoms with Gasteiger partial charge in [0.2, 0.25) is 0 Å². The fraction of sp³-hybridized carbons (Fsp3) is 0.556. The van der Waals surface area contributed by atoms with Gasteiger partial charge in [-0.15, -0.1) is 0 Å². The van der Waals surface area contributed by atoms with Crippen molar-refractivity contribution in [1.82, 2.24) is 15.4 Å². The zero-order valence-corrected chi connectivity index (χ0v) is 9.36. The molecule has 5 N–H and O–H groups in total. The van der Waals surface area contributed by atoms with Crippen LogP contribution in [0.15, 0.2) is 6.33 Å². The van der Waals surface area contributed by atoms with Gasteiger partial charge in [0.1, 0.15) is 12.0 Å². The van der Waals surface area contributed by atoms with Crippen molar-refractivity contribution in [2.24, 2.45) is 0 Å². The molecule has 0 unspecified atom stereocenters. The number of nitrogens with one attached hydrogen (secondary N) is 1. The van der Waals surface area contributed by atoms with Crippen LogP contribution in [0.2, 0.25) is 0 Å². The average molecular weight is 210 g/mol. The summed E-state index contributed by atoms with van der Waals surface area (Å²) in [6.45, 7) is 6.89. The van der Waals surface area contributed by atoms with Crippen LogP contribution in [0.25, 0.3) is 0 Å². The summed E-state index contributed by atoms with van der Waals surface area (Å²) in [5.41, 5.74) is 15.0. The molecule has 0 saturated carbocycles. The minimum atomic E-state index is 0.238. The molecule has 0 aliphatic heterocycles. The van der Waals surface area contributed by atoms with E-state index in [2.05, 4.69) is 15.4 Å². The van der Waals surface area contributed by atoms with Crippen molar-refractivity contribution in [3.05, 3.63) is 6.33 Å². The second kappa shape index (κ2) is 4.79. The highest BCUT2D eigenvalue weighted by atomic mass is 15.5. The van der Waals surface area contributed by atoms with Crippen molar-refractivity contribution in [3.63, 3.8) is 0 Å². The Morgan fingerprint density at radius 2 is 2.07 bits per heavy atom. The molecule has 0 radical (unpaired) electrons. The van der Waals surface area contributed by atoms with E-state index in [0.717, 1.165) is 6.54 Å². The van der Waals surface area contributed by atoms with Gasteiger partial charge >= 0.3 is 0 Å². The van der Waals surface area contributed by atoms with Crippen molar-refractivity contribution < 1.29 is 0 Å². The lowest BCUT2D eigenvalue weighted by atomic mass is 10.3. The third-order valence-electron chi connectivity index (χ3n) is 1.97. The van der Waals surface area contributed by atoms with E-state index < -0.39 is 0 Å². The first kappa shape index (κ1) is 11.5. The first-order chi connectivity index (χ1) is 7.07. The quantitative estimate of drug-likeness (QED) is 0.622. The van der Waals surface area contributed by atoms with Crippen LogP contribution in [0, 0.1) is 0 Å². The van der Waals surface area contributed by atoms with Crippen LogP contribution in [0.1, 0.15) is 20.8 Å². The second-order valence-electron chi connectivity index (χ2n) is 3.47. The number of hydrazine groups is 1. The van der Waals surface area contributed by atoms with Crippen LogP contribution < -0.4 is 21.9 Å². The van der Waals surface area contributed by atoms with Gasteiger partial charge in [0.05, 0.1) is 0 Å². The number of nitrogens with zero attached hydrogens (tertiary/aromatic N) is 3. The second-order valence-corrected chi connectivity index (χ2v) is 3.47. The van der Waals surface area contributed by atoms with Gasteiger partial charge in [-0.25, -0.2) is 15.4 Å². The summed E-state index contributed by atoms with van der Waals surface area (Å²) in [5, 5.41) is 1.88. The number of rotatable bonds is 4. The Morgan fingerprint density at radius 1 is 1.40 bits per heavy atom. The predicted molar refractivity (Wildman–Crippen MR) is 62.1 cm³/mol. The van der Waals surface area contributed by atoms with E-state index in [0.29, 0.717) is 17.3 Å². The van der Waals surface area contributed by atoms with E-state index in [1.807, 2.05) is 25.8 Å². The summed E-state index contributed by atoms with van der Waals surface area (Å²) in [6.07, 6.45) is 1.41. The van der Waals surface area contributed by atoms with Gasteiger partial charge in [-0.3, -0.25) is 5.01 Å². The number of hydrogen-bond acceptors (Lipinski definition) is 6. The lowest BCUT2D eigenvalue weighted by Gasteiger charge is -2.28. The summed E-state index contributed by atoms with van der Waals surface area (Å²) in [4.78, 5) is 7.96. The first-order valence-electron chi connectivity index (χ1n) is 4.96. The monoisotopic (exact) mass is 210 g/mol. The maximum absolute atomic E-state index is 5.82. The highest BCUT2D eigenvalue weighted by Gasteiger charge is 2.15. The van der Waals surface area contributed by atoms with E-state index >= 15 is 0 Å². The van der Waals surface area contributed by atoms with E-state index in [-0.39, 0.29) is 6.04 Å². The van der Waals surface area contributed by atoms with E-state index in [1.165, 1.54) is 6.33 Å². The normalized spacial score (nSPS) is 10.7. The Labute approximate surface area is 89.7 Å². The molecule has 0 saturated heterocycles. The molecule has 15 heavy (non-hydrogen) atoms. The molecule has 0 bridgehead atoms. The lowest BCUT2D eigenvalue weighted by Crippen LogP contribution is -2.44. The van der Waals surface area contributed by atoms with Gasteiger partial charge in [-0.1, -0.05) is 6.92 Å². The summed E-state index contributed by atoms with van der Waals surface area (Å²) >= 11 is 0. The number of anilines is 3.